The molecule has 0 aliphatic heterocycles. The summed E-state index contributed by atoms with van der Waals surface area (Å²) in [6.45, 7) is 0. The van der Waals surface area contributed by atoms with Crippen LogP contribution in [0.5, 0.6) is 0 Å². The molecule has 3 nitrogen and oxygen atoms in total. The Morgan fingerprint density at radius 2 is 2.32 bits per heavy atom. The van der Waals surface area contributed by atoms with Crippen LogP contribution in [0.15, 0.2) is 45.3 Å². The van der Waals surface area contributed by atoms with Crippen LogP contribution < -0.4 is 5.43 Å². The molecular formula is C13H10BrFN2OS. The van der Waals surface area contributed by atoms with Gasteiger partial charge in [0.2, 0.25) is 5.91 Å². The summed E-state index contributed by atoms with van der Waals surface area (Å²) < 4.78 is 14.1. The van der Waals surface area contributed by atoms with Crippen LogP contribution >= 0.6 is 27.3 Å². The van der Waals surface area contributed by atoms with Gasteiger partial charge in [-0.25, -0.2) is 9.82 Å². The molecule has 0 aliphatic rings. The number of nitrogens with zero attached hydrogens (tertiary/aromatic N) is 1. The number of hydrogen-bond acceptors (Lipinski definition) is 3. The lowest BCUT2D eigenvalue weighted by atomic mass is 10.2. The topological polar surface area (TPSA) is 41.5 Å². The van der Waals surface area contributed by atoms with E-state index >= 15 is 0 Å². The Labute approximate surface area is 122 Å². The fraction of sp³-hybridized carbons (Fsp3) is 0.0769. The molecule has 0 saturated carbocycles. The fourth-order valence-electron chi connectivity index (χ4n) is 1.40. The maximum atomic E-state index is 13.4. The van der Waals surface area contributed by atoms with Gasteiger partial charge in [-0.05, 0) is 29.6 Å². The highest BCUT2D eigenvalue weighted by molar-refractivity contribution is 9.10. The summed E-state index contributed by atoms with van der Waals surface area (Å²) >= 11 is 4.75. The molecule has 6 heteroatoms. The molecule has 19 heavy (non-hydrogen) atoms. The summed E-state index contributed by atoms with van der Waals surface area (Å²) in [4.78, 5) is 12.5. The van der Waals surface area contributed by atoms with Gasteiger partial charge in [0.15, 0.2) is 0 Å². The first-order chi connectivity index (χ1) is 9.15. The van der Waals surface area contributed by atoms with Crippen molar-refractivity contribution in [3.8, 4) is 0 Å². The van der Waals surface area contributed by atoms with E-state index in [0.717, 1.165) is 9.35 Å². The van der Waals surface area contributed by atoms with Gasteiger partial charge in [0, 0.05) is 14.9 Å². The SMILES string of the molecule is O=C(Cc1cccs1)N/N=C/c1cc(Br)ccc1F. The van der Waals surface area contributed by atoms with E-state index in [1.807, 2.05) is 17.5 Å². The first kappa shape index (κ1) is 13.9. The van der Waals surface area contributed by atoms with Crippen LogP contribution in [0.1, 0.15) is 10.4 Å². The van der Waals surface area contributed by atoms with Crippen molar-refractivity contribution in [3.63, 3.8) is 0 Å². The Balaban J connectivity index is 1.92. The normalized spacial score (nSPS) is 10.8. The first-order valence-corrected chi connectivity index (χ1v) is 7.12. The smallest absolute Gasteiger partial charge is 0.245 e. The van der Waals surface area contributed by atoms with Gasteiger partial charge in [-0.15, -0.1) is 11.3 Å². The second kappa shape index (κ2) is 6.58. The van der Waals surface area contributed by atoms with Crippen molar-refractivity contribution in [1.29, 1.82) is 0 Å². The number of amides is 1. The summed E-state index contributed by atoms with van der Waals surface area (Å²) in [7, 11) is 0. The number of carbonyl (C=O) groups excluding carboxylic acids is 1. The van der Waals surface area contributed by atoms with Crippen LogP contribution in [-0.2, 0) is 11.2 Å². The summed E-state index contributed by atoms with van der Waals surface area (Å²) in [5.41, 5.74) is 2.68. The van der Waals surface area contributed by atoms with Crippen LogP contribution in [0.2, 0.25) is 0 Å². The lowest BCUT2D eigenvalue weighted by Gasteiger charge is -1.99. The third-order valence-electron chi connectivity index (χ3n) is 2.27. The minimum atomic E-state index is -0.389. The van der Waals surface area contributed by atoms with Gasteiger partial charge in [0.25, 0.3) is 0 Å². The van der Waals surface area contributed by atoms with Crippen molar-refractivity contribution in [2.75, 3.05) is 0 Å². The van der Waals surface area contributed by atoms with E-state index in [2.05, 4.69) is 26.5 Å². The van der Waals surface area contributed by atoms with Crippen molar-refractivity contribution in [2.45, 2.75) is 6.42 Å². The van der Waals surface area contributed by atoms with E-state index in [1.54, 1.807) is 12.1 Å². The predicted octanol–water partition coefficient (Wildman–Crippen LogP) is 3.34. The number of benzene rings is 1. The van der Waals surface area contributed by atoms with Crippen LogP contribution in [0, 0.1) is 5.82 Å². The molecule has 0 atom stereocenters. The van der Waals surface area contributed by atoms with Crippen molar-refractivity contribution in [1.82, 2.24) is 5.43 Å². The van der Waals surface area contributed by atoms with E-state index in [-0.39, 0.29) is 18.1 Å². The molecule has 0 saturated heterocycles. The van der Waals surface area contributed by atoms with E-state index in [0.29, 0.717) is 5.56 Å². The predicted molar refractivity (Wildman–Crippen MR) is 77.9 cm³/mol. The third kappa shape index (κ3) is 4.25. The minimum Gasteiger partial charge on any atom is -0.273 e. The lowest BCUT2D eigenvalue weighted by molar-refractivity contribution is -0.120. The van der Waals surface area contributed by atoms with Crippen molar-refractivity contribution in [2.24, 2.45) is 5.10 Å². The van der Waals surface area contributed by atoms with Crippen molar-refractivity contribution < 1.29 is 9.18 Å². The molecule has 1 aromatic carbocycles. The monoisotopic (exact) mass is 340 g/mol. The molecule has 0 radical (unpaired) electrons. The van der Waals surface area contributed by atoms with Gasteiger partial charge >= 0.3 is 0 Å². The van der Waals surface area contributed by atoms with Crippen LogP contribution in [0.25, 0.3) is 0 Å². The zero-order valence-electron chi connectivity index (χ0n) is 9.77. The minimum absolute atomic E-state index is 0.228. The Bertz CT molecular complexity index is 599. The summed E-state index contributed by atoms with van der Waals surface area (Å²) in [5, 5.41) is 5.65. The maximum Gasteiger partial charge on any atom is 0.245 e. The Kier molecular flexibility index (Phi) is 4.81. The highest BCUT2D eigenvalue weighted by atomic mass is 79.9. The Hall–Kier alpha value is -1.53. The zero-order chi connectivity index (χ0) is 13.7. The van der Waals surface area contributed by atoms with Crippen molar-refractivity contribution >= 4 is 39.4 Å². The number of hydrazone groups is 1. The Morgan fingerprint density at radius 1 is 1.47 bits per heavy atom. The molecule has 98 valence electrons. The van der Waals surface area contributed by atoms with Gasteiger partial charge in [-0.1, -0.05) is 22.0 Å². The van der Waals surface area contributed by atoms with E-state index in [4.69, 9.17) is 0 Å². The number of rotatable bonds is 4. The average molecular weight is 341 g/mol. The van der Waals surface area contributed by atoms with Crippen LogP contribution in [0.3, 0.4) is 0 Å². The first-order valence-electron chi connectivity index (χ1n) is 5.44. The van der Waals surface area contributed by atoms with Gasteiger partial charge in [0.05, 0.1) is 12.6 Å². The number of halogens is 2. The van der Waals surface area contributed by atoms with Gasteiger partial charge in [0.1, 0.15) is 5.82 Å². The number of thiophene rings is 1. The third-order valence-corrected chi connectivity index (χ3v) is 3.64. The molecule has 1 amide bonds. The molecule has 0 unspecified atom stereocenters. The van der Waals surface area contributed by atoms with Crippen LogP contribution in [0.4, 0.5) is 4.39 Å². The highest BCUT2D eigenvalue weighted by Gasteiger charge is 2.03. The van der Waals surface area contributed by atoms with Gasteiger partial charge < -0.3 is 0 Å². The molecule has 1 heterocycles. The number of carbonyl (C=O) groups is 1. The Morgan fingerprint density at radius 3 is 3.05 bits per heavy atom. The molecule has 1 aromatic heterocycles. The second-order valence-electron chi connectivity index (χ2n) is 3.72. The molecule has 0 bridgehead atoms. The molecule has 2 aromatic rings. The number of hydrogen-bond donors (Lipinski definition) is 1. The quantitative estimate of drug-likeness (QED) is 0.673. The summed E-state index contributed by atoms with van der Waals surface area (Å²) in [5.74, 6) is -0.617. The summed E-state index contributed by atoms with van der Waals surface area (Å²) in [6.07, 6.45) is 1.56. The fourth-order valence-corrected chi connectivity index (χ4v) is 2.48. The standard InChI is InChI=1S/C13H10BrFN2OS/c14-10-3-4-12(15)9(6-10)8-16-17-13(18)7-11-2-1-5-19-11/h1-6,8H,7H2,(H,17,18)/b16-8+. The average Bonchev–Trinajstić information content (AvgIpc) is 2.86. The largest absolute Gasteiger partial charge is 0.273 e. The molecule has 0 fully saturated rings. The zero-order valence-corrected chi connectivity index (χ0v) is 12.2. The number of nitrogens with one attached hydrogen (secondary N) is 1. The van der Waals surface area contributed by atoms with Gasteiger partial charge in [-0.3, -0.25) is 4.79 Å². The van der Waals surface area contributed by atoms with Crippen molar-refractivity contribution in [3.05, 3.63) is 56.4 Å². The lowest BCUT2D eigenvalue weighted by Crippen LogP contribution is -2.19. The van der Waals surface area contributed by atoms with Crippen LogP contribution in [-0.4, -0.2) is 12.1 Å². The van der Waals surface area contributed by atoms with E-state index in [1.165, 1.54) is 23.6 Å². The van der Waals surface area contributed by atoms with E-state index < -0.39 is 0 Å². The molecule has 0 spiro atoms. The molecule has 0 aliphatic carbocycles. The second-order valence-corrected chi connectivity index (χ2v) is 5.66. The summed E-state index contributed by atoms with van der Waals surface area (Å²) in [6, 6.07) is 8.28. The molecule has 2 rings (SSSR count). The highest BCUT2D eigenvalue weighted by Crippen LogP contribution is 2.13. The maximum absolute atomic E-state index is 13.4. The molecule has 1 N–H and O–H groups in total. The van der Waals surface area contributed by atoms with Gasteiger partial charge in [-0.2, -0.15) is 5.10 Å². The molecular weight excluding hydrogens is 331 g/mol. The van der Waals surface area contributed by atoms with E-state index in [9.17, 15) is 9.18 Å².